The number of nitrogens with one attached hydrogen (secondary N) is 2. The first-order chi connectivity index (χ1) is 12.7. The summed E-state index contributed by atoms with van der Waals surface area (Å²) in [7, 11) is 0. The highest BCUT2D eigenvalue weighted by molar-refractivity contribution is 5.49. The van der Waals surface area contributed by atoms with Crippen molar-refractivity contribution in [3.05, 3.63) is 59.4 Å². The first-order valence-electron chi connectivity index (χ1n) is 7.44. The van der Waals surface area contributed by atoms with E-state index in [1.165, 1.54) is 12.3 Å². The molecular formula is C16H14F5N5O. The zero-order valence-corrected chi connectivity index (χ0v) is 13.9. The second kappa shape index (κ2) is 8.52. The Morgan fingerprint density at radius 1 is 1.33 bits per heavy atom. The van der Waals surface area contributed by atoms with Gasteiger partial charge in [0.1, 0.15) is 18.1 Å². The maximum absolute atomic E-state index is 13.5. The summed E-state index contributed by atoms with van der Waals surface area (Å²) in [6.45, 7) is 0.283. The normalized spacial score (nSPS) is 12.2. The van der Waals surface area contributed by atoms with Gasteiger partial charge in [0.25, 0.3) is 12.3 Å². The first kappa shape index (κ1) is 20.2. The molecule has 0 amide bonds. The van der Waals surface area contributed by atoms with Gasteiger partial charge in [-0.2, -0.15) is 5.11 Å². The molecule has 1 aromatic heterocycles. The molecule has 2 rings (SSSR count). The highest BCUT2D eigenvalue weighted by Crippen LogP contribution is 2.31. The standard InChI is InChI=1S/C16H14F5N5O/c1-16(20,21)12-4-10(2-3-13(12)17)23-7-11(26-22)8-27-15-24-5-9(6-25-15)14(18)19/h2-7,14,22-23H,8H2,1H3/b11-7-,26-22?. The number of alkyl halides is 4. The fourth-order valence-corrected chi connectivity index (χ4v) is 1.88. The molecule has 27 heavy (non-hydrogen) atoms. The van der Waals surface area contributed by atoms with Crippen molar-refractivity contribution in [2.75, 3.05) is 11.9 Å². The largest absolute Gasteiger partial charge is 0.457 e. The third-order valence-electron chi connectivity index (χ3n) is 3.24. The lowest BCUT2D eigenvalue weighted by Crippen LogP contribution is -2.10. The lowest BCUT2D eigenvalue weighted by Gasteiger charge is -2.13. The van der Waals surface area contributed by atoms with Crippen molar-refractivity contribution in [3.63, 3.8) is 0 Å². The van der Waals surface area contributed by atoms with Gasteiger partial charge in [0.2, 0.25) is 0 Å². The van der Waals surface area contributed by atoms with Gasteiger partial charge >= 0.3 is 6.01 Å². The van der Waals surface area contributed by atoms with Gasteiger partial charge in [-0.1, -0.05) is 0 Å². The van der Waals surface area contributed by atoms with Gasteiger partial charge in [0, 0.05) is 31.2 Å². The predicted molar refractivity (Wildman–Crippen MR) is 85.3 cm³/mol. The number of hydrogen-bond donors (Lipinski definition) is 2. The molecule has 2 N–H and O–H groups in total. The van der Waals surface area contributed by atoms with Crippen molar-refractivity contribution in [2.45, 2.75) is 19.3 Å². The van der Waals surface area contributed by atoms with Crippen LogP contribution in [0, 0.1) is 11.3 Å². The van der Waals surface area contributed by atoms with Crippen LogP contribution in [0.5, 0.6) is 6.01 Å². The van der Waals surface area contributed by atoms with Crippen molar-refractivity contribution in [1.29, 1.82) is 5.53 Å². The number of anilines is 1. The molecule has 144 valence electrons. The van der Waals surface area contributed by atoms with Gasteiger partial charge in [-0.3, -0.25) is 0 Å². The molecule has 0 atom stereocenters. The lowest BCUT2D eigenvalue weighted by atomic mass is 10.1. The monoisotopic (exact) mass is 387 g/mol. The summed E-state index contributed by atoms with van der Waals surface area (Å²) in [4.78, 5) is 7.17. The Kier molecular flexibility index (Phi) is 6.37. The molecule has 0 radical (unpaired) electrons. The van der Waals surface area contributed by atoms with E-state index in [1.807, 2.05) is 0 Å². The third-order valence-corrected chi connectivity index (χ3v) is 3.24. The van der Waals surface area contributed by atoms with Crippen molar-refractivity contribution in [1.82, 2.24) is 9.97 Å². The molecule has 0 saturated heterocycles. The zero-order chi connectivity index (χ0) is 20.0. The quantitative estimate of drug-likeness (QED) is 0.492. The van der Waals surface area contributed by atoms with E-state index in [0.29, 0.717) is 6.92 Å². The molecule has 1 aromatic carbocycles. The Morgan fingerprint density at radius 2 is 2.00 bits per heavy atom. The van der Waals surface area contributed by atoms with Crippen LogP contribution in [0.2, 0.25) is 0 Å². The van der Waals surface area contributed by atoms with Gasteiger partial charge in [0.15, 0.2) is 0 Å². The Bertz CT molecular complexity index is 821. The van der Waals surface area contributed by atoms with Crippen LogP contribution < -0.4 is 10.1 Å². The lowest BCUT2D eigenvalue weighted by molar-refractivity contribution is 0.0138. The molecule has 0 aliphatic carbocycles. The van der Waals surface area contributed by atoms with E-state index in [0.717, 1.165) is 24.5 Å². The Hall–Kier alpha value is -3.11. The molecule has 0 unspecified atom stereocenters. The highest BCUT2D eigenvalue weighted by atomic mass is 19.3. The maximum Gasteiger partial charge on any atom is 0.316 e. The highest BCUT2D eigenvalue weighted by Gasteiger charge is 2.28. The van der Waals surface area contributed by atoms with E-state index < -0.39 is 23.7 Å². The molecule has 6 nitrogen and oxygen atoms in total. The molecule has 0 aliphatic heterocycles. The van der Waals surface area contributed by atoms with Gasteiger partial charge < -0.3 is 10.1 Å². The Balaban J connectivity index is 2.03. The summed E-state index contributed by atoms with van der Waals surface area (Å²) >= 11 is 0. The fourth-order valence-electron chi connectivity index (χ4n) is 1.88. The topological polar surface area (TPSA) is 83.2 Å². The number of nitrogens with zero attached hydrogens (tertiary/aromatic N) is 3. The Morgan fingerprint density at radius 3 is 2.56 bits per heavy atom. The molecule has 0 bridgehead atoms. The Labute approximate surface area is 150 Å². The molecule has 1 heterocycles. The smallest absolute Gasteiger partial charge is 0.316 e. The van der Waals surface area contributed by atoms with Crippen molar-refractivity contribution >= 4 is 5.69 Å². The first-order valence-corrected chi connectivity index (χ1v) is 7.44. The summed E-state index contributed by atoms with van der Waals surface area (Å²) < 4.78 is 70.1. The molecule has 2 aromatic rings. The van der Waals surface area contributed by atoms with Crippen molar-refractivity contribution < 1.29 is 26.7 Å². The van der Waals surface area contributed by atoms with Gasteiger partial charge in [-0.15, -0.1) is 0 Å². The van der Waals surface area contributed by atoms with Crippen LogP contribution in [0.1, 0.15) is 24.5 Å². The summed E-state index contributed by atoms with van der Waals surface area (Å²) in [5.41, 5.74) is 6.08. The van der Waals surface area contributed by atoms with Gasteiger partial charge in [-0.05, 0) is 18.2 Å². The van der Waals surface area contributed by atoms with E-state index in [4.69, 9.17) is 10.3 Å². The van der Waals surface area contributed by atoms with Gasteiger partial charge in [0.05, 0.1) is 11.1 Å². The summed E-state index contributed by atoms with van der Waals surface area (Å²) in [6.07, 6.45) is 0.276. The number of rotatable bonds is 8. The van der Waals surface area contributed by atoms with Crippen LogP contribution in [0.4, 0.5) is 27.6 Å². The van der Waals surface area contributed by atoms with Crippen LogP contribution in [0.3, 0.4) is 0 Å². The zero-order valence-electron chi connectivity index (χ0n) is 13.9. The predicted octanol–water partition coefficient (Wildman–Crippen LogP) is 5.03. The summed E-state index contributed by atoms with van der Waals surface area (Å²) in [5, 5.41) is 5.78. The molecule has 0 aliphatic rings. The minimum absolute atomic E-state index is 0.0191. The second-order valence-electron chi connectivity index (χ2n) is 5.36. The van der Waals surface area contributed by atoms with E-state index in [-0.39, 0.29) is 29.6 Å². The van der Waals surface area contributed by atoms with Crippen LogP contribution in [0.25, 0.3) is 0 Å². The number of hydrogen-bond acceptors (Lipinski definition) is 6. The molecule has 0 spiro atoms. The number of benzene rings is 1. The van der Waals surface area contributed by atoms with Crippen LogP contribution in [-0.2, 0) is 5.92 Å². The summed E-state index contributed by atoms with van der Waals surface area (Å²) in [5.74, 6) is -4.41. The van der Waals surface area contributed by atoms with E-state index in [9.17, 15) is 22.0 Å². The van der Waals surface area contributed by atoms with Crippen LogP contribution >= 0.6 is 0 Å². The minimum atomic E-state index is -3.36. The molecular weight excluding hydrogens is 373 g/mol. The number of aromatic nitrogens is 2. The van der Waals surface area contributed by atoms with E-state index in [1.54, 1.807) is 0 Å². The third kappa shape index (κ3) is 5.69. The van der Waals surface area contributed by atoms with Crippen LogP contribution in [0.15, 0.2) is 47.6 Å². The average molecular weight is 387 g/mol. The van der Waals surface area contributed by atoms with E-state index in [2.05, 4.69) is 20.4 Å². The van der Waals surface area contributed by atoms with Gasteiger partial charge in [-0.25, -0.2) is 37.5 Å². The van der Waals surface area contributed by atoms with E-state index >= 15 is 0 Å². The van der Waals surface area contributed by atoms with Crippen molar-refractivity contribution in [3.8, 4) is 6.01 Å². The average Bonchev–Trinajstić information content (AvgIpc) is 2.62. The SMILES string of the molecule is CC(F)(F)c1cc(N/C=C(/COc2ncc(C(F)F)cn2)N=N)ccc1F. The number of halogens is 5. The minimum Gasteiger partial charge on any atom is -0.457 e. The van der Waals surface area contributed by atoms with Crippen molar-refractivity contribution in [2.24, 2.45) is 5.11 Å². The fraction of sp³-hybridized carbons (Fsp3) is 0.250. The second-order valence-corrected chi connectivity index (χ2v) is 5.36. The molecule has 0 fully saturated rings. The molecule has 11 heteroatoms. The molecule has 0 saturated carbocycles. The van der Waals surface area contributed by atoms with Crippen LogP contribution in [-0.4, -0.2) is 16.6 Å². The maximum atomic E-state index is 13.5. The number of ether oxygens (including phenoxy) is 1. The summed E-state index contributed by atoms with van der Waals surface area (Å²) in [6, 6.07) is 2.84.